The molecule has 0 bridgehead atoms. The molecule has 1 aromatic heterocycles. The maximum Gasteiger partial charge on any atom is 2.00 e. The van der Waals surface area contributed by atoms with Gasteiger partial charge < -0.3 is 12.4 Å². The monoisotopic (exact) mass is 177 g/mol. The molecule has 0 aliphatic rings. The van der Waals surface area contributed by atoms with Crippen molar-refractivity contribution in [3.05, 3.63) is 30.6 Å². The minimum atomic E-state index is 0. The Morgan fingerprint density at radius 2 is 1.38 bits per heavy atom. The van der Waals surface area contributed by atoms with E-state index in [1.54, 1.807) is 12.4 Å². The topological polar surface area (TPSA) is 12.9 Å². The summed E-state index contributed by atoms with van der Waals surface area (Å²) in [5, 5.41) is 0. The van der Waals surface area contributed by atoms with Crippen molar-refractivity contribution in [3.63, 3.8) is 0 Å². The van der Waals surface area contributed by atoms with Crippen molar-refractivity contribution in [2.45, 2.75) is 0 Å². The fraction of sp³-hybridized carbons (Fsp3) is 0. The van der Waals surface area contributed by atoms with Gasteiger partial charge in [0, 0.05) is 12.4 Å². The standard InChI is InChI=1S/C5H5N.ClH.Cu/c1-2-4-6-5-3-1;;/h1-5H;1H;/q;;+2/p-1. The molecule has 8 heavy (non-hydrogen) atoms. The van der Waals surface area contributed by atoms with Crippen LogP contribution in [0.5, 0.6) is 0 Å². The van der Waals surface area contributed by atoms with Crippen LogP contribution in [0.4, 0.5) is 0 Å². The molecule has 0 saturated carbocycles. The van der Waals surface area contributed by atoms with E-state index in [0.717, 1.165) is 0 Å². The largest absolute Gasteiger partial charge is 2.00 e. The van der Waals surface area contributed by atoms with Crippen LogP contribution in [-0.2, 0) is 17.1 Å². The van der Waals surface area contributed by atoms with Crippen LogP contribution in [0.1, 0.15) is 0 Å². The minimum absolute atomic E-state index is 0. The van der Waals surface area contributed by atoms with Crippen LogP contribution in [0.2, 0.25) is 0 Å². The van der Waals surface area contributed by atoms with Gasteiger partial charge in [-0.05, 0) is 12.1 Å². The first-order chi connectivity index (χ1) is 3.00. The summed E-state index contributed by atoms with van der Waals surface area (Å²) in [6.45, 7) is 0. The zero-order valence-electron chi connectivity index (χ0n) is 4.01. The van der Waals surface area contributed by atoms with E-state index in [1.807, 2.05) is 18.2 Å². The fourth-order valence-corrected chi connectivity index (χ4v) is 0.313. The summed E-state index contributed by atoms with van der Waals surface area (Å²) in [4.78, 5) is 3.78. The Hall–Kier alpha value is -0.0405. The summed E-state index contributed by atoms with van der Waals surface area (Å²) in [5.74, 6) is 0. The van der Waals surface area contributed by atoms with Gasteiger partial charge in [-0.3, -0.25) is 4.98 Å². The van der Waals surface area contributed by atoms with E-state index in [4.69, 9.17) is 0 Å². The Bertz CT molecular complexity index is 84.4. The van der Waals surface area contributed by atoms with E-state index < -0.39 is 0 Å². The van der Waals surface area contributed by atoms with Crippen molar-refractivity contribution in [1.82, 2.24) is 4.98 Å². The smallest absolute Gasteiger partial charge is 1.00 e. The van der Waals surface area contributed by atoms with Gasteiger partial charge >= 0.3 is 17.1 Å². The van der Waals surface area contributed by atoms with Crippen LogP contribution in [0.3, 0.4) is 0 Å². The van der Waals surface area contributed by atoms with E-state index in [-0.39, 0.29) is 29.5 Å². The molecular weight excluding hydrogens is 173 g/mol. The molecule has 47 valence electrons. The van der Waals surface area contributed by atoms with E-state index in [9.17, 15) is 0 Å². The van der Waals surface area contributed by atoms with Gasteiger partial charge in [0.25, 0.3) is 0 Å². The Morgan fingerprint density at radius 3 is 1.50 bits per heavy atom. The van der Waals surface area contributed by atoms with Gasteiger partial charge in [0.2, 0.25) is 0 Å². The Balaban J connectivity index is 0. The predicted molar refractivity (Wildman–Crippen MR) is 24.2 cm³/mol. The summed E-state index contributed by atoms with van der Waals surface area (Å²) in [6, 6.07) is 5.72. The number of hydrogen-bond acceptors (Lipinski definition) is 1. The average Bonchev–Trinajstić information content (AvgIpc) is 1.72. The van der Waals surface area contributed by atoms with E-state index in [2.05, 4.69) is 4.98 Å². The van der Waals surface area contributed by atoms with Crippen LogP contribution in [0, 0.1) is 0 Å². The zero-order valence-corrected chi connectivity index (χ0v) is 5.71. The van der Waals surface area contributed by atoms with Crippen molar-refractivity contribution in [2.24, 2.45) is 0 Å². The van der Waals surface area contributed by atoms with Gasteiger partial charge in [0.15, 0.2) is 0 Å². The summed E-state index contributed by atoms with van der Waals surface area (Å²) >= 11 is 0. The summed E-state index contributed by atoms with van der Waals surface area (Å²) in [6.07, 6.45) is 3.50. The zero-order chi connectivity index (χ0) is 4.24. The molecule has 0 atom stereocenters. The molecule has 1 rings (SSSR count). The molecule has 0 aromatic carbocycles. The quantitative estimate of drug-likeness (QED) is 0.422. The molecule has 0 unspecified atom stereocenters. The predicted octanol–water partition coefficient (Wildman–Crippen LogP) is -1.92. The third kappa shape index (κ3) is 4.13. The van der Waals surface area contributed by atoms with Crippen molar-refractivity contribution < 1.29 is 29.5 Å². The van der Waals surface area contributed by atoms with Crippen LogP contribution < -0.4 is 12.4 Å². The van der Waals surface area contributed by atoms with Crippen LogP contribution >= 0.6 is 0 Å². The second-order valence-electron chi connectivity index (χ2n) is 1.02. The number of hydrogen-bond donors (Lipinski definition) is 0. The molecule has 0 amide bonds. The summed E-state index contributed by atoms with van der Waals surface area (Å²) < 4.78 is 0. The van der Waals surface area contributed by atoms with Crippen molar-refractivity contribution in [1.29, 1.82) is 0 Å². The summed E-state index contributed by atoms with van der Waals surface area (Å²) in [5.41, 5.74) is 0. The molecule has 1 heterocycles. The van der Waals surface area contributed by atoms with Crippen LogP contribution in [0.25, 0.3) is 0 Å². The molecule has 0 spiro atoms. The minimum Gasteiger partial charge on any atom is -1.00 e. The molecule has 0 aliphatic heterocycles. The van der Waals surface area contributed by atoms with Gasteiger partial charge in [0.05, 0.1) is 0 Å². The maximum absolute atomic E-state index is 3.78. The van der Waals surface area contributed by atoms with Crippen molar-refractivity contribution >= 4 is 0 Å². The summed E-state index contributed by atoms with van der Waals surface area (Å²) in [7, 11) is 0. The number of rotatable bonds is 0. The Labute approximate surface area is 65.4 Å². The maximum atomic E-state index is 3.78. The third-order valence-electron chi connectivity index (χ3n) is 0.566. The molecule has 1 nitrogen and oxygen atoms in total. The van der Waals surface area contributed by atoms with Crippen LogP contribution in [0.15, 0.2) is 30.6 Å². The normalized spacial score (nSPS) is 6.00. The van der Waals surface area contributed by atoms with Gasteiger partial charge in [-0.15, -0.1) is 0 Å². The number of pyridine rings is 1. The van der Waals surface area contributed by atoms with Crippen LogP contribution in [-0.4, -0.2) is 4.98 Å². The Kier molecular flexibility index (Phi) is 9.44. The van der Waals surface area contributed by atoms with Crippen molar-refractivity contribution in [3.8, 4) is 0 Å². The number of nitrogens with zero attached hydrogens (tertiary/aromatic N) is 1. The molecule has 0 saturated heterocycles. The molecule has 1 aromatic rings. The molecular formula is C5H5ClCuN+. The van der Waals surface area contributed by atoms with Gasteiger partial charge in [-0.1, -0.05) is 6.07 Å². The fourth-order valence-electron chi connectivity index (χ4n) is 0.313. The van der Waals surface area contributed by atoms with Gasteiger partial charge in [-0.25, -0.2) is 0 Å². The van der Waals surface area contributed by atoms with Crippen molar-refractivity contribution in [2.75, 3.05) is 0 Å². The van der Waals surface area contributed by atoms with Gasteiger partial charge in [0.1, 0.15) is 0 Å². The number of aromatic nitrogens is 1. The number of halogens is 1. The SMILES string of the molecule is [Cl-].[Cu+2].c1ccncc1. The molecule has 0 N–H and O–H groups in total. The molecule has 0 fully saturated rings. The molecule has 0 aliphatic carbocycles. The Morgan fingerprint density at radius 1 is 0.875 bits per heavy atom. The van der Waals surface area contributed by atoms with Gasteiger partial charge in [-0.2, -0.15) is 0 Å². The first-order valence-electron chi connectivity index (χ1n) is 1.85. The second kappa shape index (κ2) is 6.96. The molecule has 1 radical (unpaired) electrons. The first-order valence-corrected chi connectivity index (χ1v) is 1.85. The van der Waals surface area contributed by atoms with E-state index >= 15 is 0 Å². The van der Waals surface area contributed by atoms with E-state index in [0.29, 0.717) is 0 Å². The third-order valence-corrected chi connectivity index (χ3v) is 0.566. The first kappa shape index (κ1) is 10.9. The second-order valence-corrected chi connectivity index (χ2v) is 1.02. The molecule has 3 heteroatoms. The average molecular weight is 178 g/mol. The van der Waals surface area contributed by atoms with E-state index in [1.165, 1.54) is 0 Å².